The van der Waals surface area contributed by atoms with E-state index in [0.29, 0.717) is 5.92 Å². The third kappa shape index (κ3) is 3.13. The fraction of sp³-hybridized carbons (Fsp3) is 0.611. The predicted octanol–water partition coefficient (Wildman–Crippen LogP) is 3.72. The Labute approximate surface area is 128 Å². The van der Waals surface area contributed by atoms with E-state index in [0.717, 1.165) is 12.8 Å². The summed E-state index contributed by atoms with van der Waals surface area (Å²) in [7, 11) is 0. The Balaban J connectivity index is 2.34. The number of benzene rings is 1. The van der Waals surface area contributed by atoms with Gasteiger partial charge < -0.3 is 4.90 Å². The van der Waals surface area contributed by atoms with E-state index in [4.69, 9.17) is 0 Å². The number of hydrogen-bond donors (Lipinski definition) is 1. The van der Waals surface area contributed by atoms with Gasteiger partial charge in [0.1, 0.15) is 6.17 Å². The van der Waals surface area contributed by atoms with Crippen molar-refractivity contribution in [2.75, 3.05) is 0 Å². The van der Waals surface area contributed by atoms with Crippen molar-refractivity contribution in [1.29, 1.82) is 0 Å². The Morgan fingerprint density at radius 1 is 1.24 bits per heavy atom. The second-order valence-electron chi connectivity index (χ2n) is 6.83. The van der Waals surface area contributed by atoms with Crippen molar-refractivity contribution in [2.24, 2.45) is 5.92 Å². The zero-order valence-electron chi connectivity index (χ0n) is 13.9. The summed E-state index contributed by atoms with van der Waals surface area (Å²) < 4.78 is 0. The van der Waals surface area contributed by atoms with Gasteiger partial charge >= 0.3 is 0 Å². The van der Waals surface area contributed by atoms with Crippen LogP contribution < -0.4 is 5.32 Å². The number of carbonyl (C=O) groups is 1. The van der Waals surface area contributed by atoms with Gasteiger partial charge in [0.15, 0.2) is 0 Å². The molecule has 0 radical (unpaired) electrons. The first-order chi connectivity index (χ1) is 9.89. The Hall–Kier alpha value is -1.35. The highest BCUT2D eigenvalue weighted by Gasteiger charge is 2.48. The highest BCUT2D eigenvalue weighted by Crippen LogP contribution is 2.35. The molecule has 1 aromatic rings. The van der Waals surface area contributed by atoms with Crippen molar-refractivity contribution in [3.63, 3.8) is 0 Å². The van der Waals surface area contributed by atoms with E-state index in [1.807, 2.05) is 25.1 Å². The van der Waals surface area contributed by atoms with E-state index in [1.54, 1.807) is 0 Å². The van der Waals surface area contributed by atoms with Gasteiger partial charge in [-0.3, -0.25) is 10.1 Å². The lowest BCUT2D eigenvalue weighted by Gasteiger charge is -2.31. The zero-order valence-corrected chi connectivity index (χ0v) is 13.9. The van der Waals surface area contributed by atoms with Gasteiger partial charge in [0.25, 0.3) is 0 Å². The molecule has 1 fully saturated rings. The maximum Gasteiger partial charge on any atom is 0.244 e. The van der Waals surface area contributed by atoms with Gasteiger partial charge in [0.2, 0.25) is 5.91 Å². The van der Waals surface area contributed by atoms with E-state index in [1.165, 1.54) is 5.56 Å². The molecule has 3 nitrogen and oxygen atoms in total. The number of hydrogen-bond acceptors (Lipinski definition) is 2. The van der Waals surface area contributed by atoms with Crippen LogP contribution in [0.4, 0.5) is 0 Å². The normalized spacial score (nSPS) is 27.4. The Morgan fingerprint density at radius 2 is 1.86 bits per heavy atom. The lowest BCUT2D eigenvalue weighted by atomic mass is 9.98. The standard InChI is InChI=1S/C18H28N2O/c1-6-18(5)17(21)20(14(4)12-13(2)3)16(19-18)15-10-8-7-9-11-15/h7-11,13-14,16,19H,6,12H2,1-5H3. The van der Waals surface area contributed by atoms with E-state index in [-0.39, 0.29) is 18.1 Å². The Bertz CT molecular complexity index is 485. The van der Waals surface area contributed by atoms with Crippen LogP contribution in [0.25, 0.3) is 0 Å². The van der Waals surface area contributed by atoms with Crippen LogP contribution in [0.5, 0.6) is 0 Å². The van der Waals surface area contributed by atoms with Crippen LogP contribution in [-0.2, 0) is 4.79 Å². The number of rotatable bonds is 5. The van der Waals surface area contributed by atoms with Gasteiger partial charge in [-0.1, -0.05) is 51.1 Å². The second kappa shape index (κ2) is 6.18. The van der Waals surface area contributed by atoms with Gasteiger partial charge in [0.05, 0.1) is 5.54 Å². The fourth-order valence-corrected chi connectivity index (χ4v) is 3.22. The first-order valence-electron chi connectivity index (χ1n) is 8.04. The number of amides is 1. The van der Waals surface area contributed by atoms with Gasteiger partial charge in [-0.15, -0.1) is 0 Å². The lowest BCUT2D eigenvalue weighted by Crippen LogP contribution is -2.44. The van der Waals surface area contributed by atoms with E-state index in [2.05, 4.69) is 50.0 Å². The molecule has 3 atom stereocenters. The first kappa shape index (κ1) is 16.0. The van der Waals surface area contributed by atoms with E-state index in [9.17, 15) is 4.79 Å². The van der Waals surface area contributed by atoms with Crippen LogP contribution in [0.3, 0.4) is 0 Å². The van der Waals surface area contributed by atoms with Gasteiger partial charge in [0, 0.05) is 6.04 Å². The van der Waals surface area contributed by atoms with Crippen molar-refractivity contribution < 1.29 is 4.79 Å². The minimum atomic E-state index is -0.453. The molecule has 0 spiro atoms. The summed E-state index contributed by atoms with van der Waals surface area (Å²) in [5.41, 5.74) is 0.713. The molecule has 1 aliphatic rings. The van der Waals surface area contributed by atoms with Crippen molar-refractivity contribution in [3.05, 3.63) is 35.9 Å². The molecule has 0 bridgehead atoms. The Morgan fingerprint density at radius 3 is 2.38 bits per heavy atom. The highest BCUT2D eigenvalue weighted by molar-refractivity contribution is 5.88. The third-order valence-corrected chi connectivity index (χ3v) is 4.55. The van der Waals surface area contributed by atoms with Crippen LogP contribution in [0.2, 0.25) is 0 Å². The predicted molar refractivity (Wildman–Crippen MR) is 86.8 cm³/mol. The summed E-state index contributed by atoms with van der Waals surface area (Å²) in [5.74, 6) is 0.810. The number of nitrogens with one attached hydrogen (secondary N) is 1. The van der Waals surface area contributed by atoms with Crippen LogP contribution >= 0.6 is 0 Å². The average molecular weight is 288 g/mol. The summed E-state index contributed by atoms with van der Waals surface area (Å²) in [6.07, 6.45) is 1.81. The molecule has 1 aliphatic heterocycles. The average Bonchev–Trinajstić information content (AvgIpc) is 2.72. The van der Waals surface area contributed by atoms with Crippen LogP contribution in [0.15, 0.2) is 30.3 Å². The summed E-state index contributed by atoms with van der Waals surface area (Å²) >= 11 is 0. The molecule has 1 saturated heterocycles. The summed E-state index contributed by atoms with van der Waals surface area (Å²) in [4.78, 5) is 15.0. The maximum atomic E-state index is 12.9. The number of nitrogens with zero attached hydrogens (tertiary/aromatic N) is 1. The quantitative estimate of drug-likeness (QED) is 0.895. The molecular weight excluding hydrogens is 260 g/mol. The van der Waals surface area contributed by atoms with Crippen LogP contribution in [0.1, 0.15) is 59.2 Å². The molecule has 0 aliphatic carbocycles. The highest BCUT2D eigenvalue weighted by atomic mass is 16.2. The smallest absolute Gasteiger partial charge is 0.244 e. The molecule has 116 valence electrons. The largest absolute Gasteiger partial charge is 0.319 e. The maximum absolute atomic E-state index is 12.9. The van der Waals surface area contributed by atoms with Crippen molar-refractivity contribution in [1.82, 2.24) is 10.2 Å². The molecule has 1 N–H and O–H groups in total. The summed E-state index contributed by atoms with van der Waals surface area (Å²) in [5, 5.41) is 3.56. The molecule has 0 saturated carbocycles. The monoisotopic (exact) mass is 288 g/mol. The third-order valence-electron chi connectivity index (χ3n) is 4.55. The summed E-state index contributed by atoms with van der Waals surface area (Å²) in [6, 6.07) is 10.5. The minimum Gasteiger partial charge on any atom is -0.319 e. The molecule has 21 heavy (non-hydrogen) atoms. The molecule has 0 aromatic heterocycles. The molecule has 3 unspecified atom stereocenters. The van der Waals surface area contributed by atoms with Crippen LogP contribution in [0, 0.1) is 5.92 Å². The minimum absolute atomic E-state index is 0.0163. The SMILES string of the molecule is CCC1(C)NC(c2ccccc2)N(C(C)CC(C)C)C1=O. The van der Waals surface area contributed by atoms with Crippen molar-refractivity contribution in [3.8, 4) is 0 Å². The lowest BCUT2D eigenvalue weighted by molar-refractivity contribution is -0.135. The van der Waals surface area contributed by atoms with Gasteiger partial charge in [-0.2, -0.15) is 0 Å². The Kier molecular flexibility index (Phi) is 4.72. The summed E-state index contributed by atoms with van der Waals surface area (Å²) in [6.45, 7) is 10.7. The van der Waals surface area contributed by atoms with Gasteiger partial charge in [-0.25, -0.2) is 0 Å². The molecule has 3 heteroatoms. The van der Waals surface area contributed by atoms with Crippen LogP contribution in [-0.4, -0.2) is 22.4 Å². The fourth-order valence-electron chi connectivity index (χ4n) is 3.22. The van der Waals surface area contributed by atoms with Gasteiger partial charge in [-0.05, 0) is 38.2 Å². The van der Waals surface area contributed by atoms with Crippen molar-refractivity contribution in [2.45, 2.75) is 65.2 Å². The molecule has 1 aromatic carbocycles. The van der Waals surface area contributed by atoms with E-state index >= 15 is 0 Å². The first-order valence-corrected chi connectivity index (χ1v) is 8.04. The molecular formula is C18H28N2O. The van der Waals surface area contributed by atoms with Crippen molar-refractivity contribution >= 4 is 5.91 Å². The topological polar surface area (TPSA) is 32.3 Å². The second-order valence-corrected chi connectivity index (χ2v) is 6.83. The van der Waals surface area contributed by atoms with E-state index < -0.39 is 5.54 Å². The molecule has 1 heterocycles. The zero-order chi connectivity index (χ0) is 15.6. The molecule has 1 amide bonds. The molecule has 2 rings (SSSR count). The number of carbonyl (C=O) groups excluding carboxylic acids is 1.